The summed E-state index contributed by atoms with van der Waals surface area (Å²) in [4.78, 5) is -0.0348. The SMILES string of the molecule is COc1cc(/C=C(\C#N)c2ccc(Cl)cc2)ccc1OS(=O)(=O)c1ccc(Cl)cc1. The zero-order chi connectivity index (χ0) is 21.7. The molecule has 30 heavy (non-hydrogen) atoms. The van der Waals surface area contributed by atoms with E-state index in [1.54, 1.807) is 42.5 Å². The summed E-state index contributed by atoms with van der Waals surface area (Å²) in [5.74, 6) is 0.226. The summed E-state index contributed by atoms with van der Waals surface area (Å²) >= 11 is 11.7. The van der Waals surface area contributed by atoms with Crippen molar-refractivity contribution in [3.63, 3.8) is 0 Å². The molecule has 8 heteroatoms. The van der Waals surface area contributed by atoms with Crippen molar-refractivity contribution in [2.45, 2.75) is 4.90 Å². The van der Waals surface area contributed by atoms with Crippen LogP contribution in [-0.2, 0) is 10.1 Å². The van der Waals surface area contributed by atoms with Gasteiger partial charge in [0.2, 0.25) is 0 Å². The zero-order valence-electron chi connectivity index (χ0n) is 15.7. The predicted molar refractivity (Wildman–Crippen MR) is 117 cm³/mol. The number of benzene rings is 3. The molecule has 3 aromatic carbocycles. The fourth-order valence-electron chi connectivity index (χ4n) is 2.59. The van der Waals surface area contributed by atoms with Gasteiger partial charge < -0.3 is 8.92 Å². The minimum absolute atomic E-state index is 0.0228. The number of nitriles is 1. The third-order valence-corrected chi connectivity index (χ3v) is 5.83. The van der Waals surface area contributed by atoms with Gasteiger partial charge in [-0.2, -0.15) is 13.7 Å². The molecule has 152 valence electrons. The largest absolute Gasteiger partial charge is 0.493 e. The van der Waals surface area contributed by atoms with Crippen LogP contribution in [0.15, 0.2) is 71.6 Å². The number of hydrogen-bond donors (Lipinski definition) is 0. The molecule has 0 fully saturated rings. The number of rotatable bonds is 6. The number of allylic oxidation sites excluding steroid dienone is 1. The minimum Gasteiger partial charge on any atom is -0.493 e. The average molecular weight is 460 g/mol. The van der Waals surface area contributed by atoms with Crippen molar-refractivity contribution in [1.29, 1.82) is 5.26 Å². The summed E-state index contributed by atoms with van der Waals surface area (Å²) in [7, 11) is -2.67. The Morgan fingerprint density at radius 1 is 0.933 bits per heavy atom. The summed E-state index contributed by atoms with van der Waals surface area (Å²) < 4.78 is 35.6. The minimum atomic E-state index is -4.07. The topological polar surface area (TPSA) is 76.4 Å². The molecule has 0 amide bonds. The van der Waals surface area contributed by atoms with Crippen LogP contribution < -0.4 is 8.92 Å². The zero-order valence-corrected chi connectivity index (χ0v) is 18.0. The lowest BCUT2D eigenvalue weighted by Crippen LogP contribution is -2.10. The van der Waals surface area contributed by atoms with Gasteiger partial charge in [-0.25, -0.2) is 0 Å². The maximum absolute atomic E-state index is 12.5. The average Bonchev–Trinajstić information content (AvgIpc) is 2.73. The smallest absolute Gasteiger partial charge is 0.339 e. The number of halogens is 2. The molecule has 0 atom stereocenters. The van der Waals surface area contributed by atoms with E-state index in [9.17, 15) is 13.7 Å². The molecule has 0 aromatic heterocycles. The lowest BCUT2D eigenvalue weighted by Gasteiger charge is -2.11. The van der Waals surface area contributed by atoms with E-state index in [-0.39, 0.29) is 16.4 Å². The number of ether oxygens (including phenoxy) is 1. The van der Waals surface area contributed by atoms with E-state index in [1.807, 2.05) is 0 Å². The van der Waals surface area contributed by atoms with Crippen molar-refractivity contribution in [3.05, 3.63) is 87.9 Å². The highest BCUT2D eigenvalue weighted by atomic mass is 35.5. The first kappa shape index (κ1) is 21.7. The summed E-state index contributed by atoms with van der Waals surface area (Å²) in [5.41, 5.74) is 1.75. The Labute approximate surface area is 184 Å². The van der Waals surface area contributed by atoms with E-state index in [1.165, 1.54) is 37.4 Å². The maximum atomic E-state index is 12.5. The summed E-state index contributed by atoms with van der Waals surface area (Å²) in [6.07, 6.45) is 1.66. The summed E-state index contributed by atoms with van der Waals surface area (Å²) in [6, 6.07) is 19.3. The molecule has 0 heterocycles. The molecule has 0 aliphatic carbocycles. The summed E-state index contributed by atoms with van der Waals surface area (Å²) in [6.45, 7) is 0. The van der Waals surface area contributed by atoms with Gasteiger partial charge in [0, 0.05) is 10.0 Å². The van der Waals surface area contributed by atoms with Gasteiger partial charge in [0.1, 0.15) is 4.90 Å². The molecule has 0 aliphatic rings. The van der Waals surface area contributed by atoms with Crippen LogP contribution in [-0.4, -0.2) is 15.5 Å². The molecule has 0 radical (unpaired) electrons. The van der Waals surface area contributed by atoms with Crippen molar-refractivity contribution < 1.29 is 17.3 Å². The Bertz CT molecular complexity index is 1230. The van der Waals surface area contributed by atoms with E-state index < -0.39 is 10.1 Å². The molecule has 0 unspecified atom stereocenters. The maximum Gasteiger partial charge on any atom is 0.339 e. The van der Waals surface area contributed by atoms with E-state index in [2.05, 4.69) is 6.07 Å². The van der Waals surface area contributed by atoms with Gasteiger partial charge in [-0.05, 0) is 65.7 Å². The van der Waals surface area contributed by atoms with Crippen LogP contribution in [0.25, 0.3) is 11.6 Å². The van der Waals surface area contributed by atoms with Crippen LogP contribution in [0.2, 0.25) is 10.0 Å². The van der Waals surface area contributed by atoms with Gasteiger partial charge >= 0.3 is 10.1 Å². The second-order valence-electron chi connectivity index (χ2n) is 6.08. The fourth-order valence-corrected chi connectivity index (χ4v) is 3.78. The van der Waals surface area contributed by atoms with E-state index in [4.69, 9.17) is 32.1 Å². The molecule has 5 nitrogen and oxygen atoms in total. The van der Waals surface area contributed by atoms with Gasteiger partial charge in [-0.1, -0.05) is 41.4 Å². The standard InChI is InChI=1S/C22H15Cl2NO4S/c1-28-22-13-15(12-17(14-25)16-3-5-18(23)6-4-16)2-11-21(22)29-30(26,27)20-9-7-19(24)8-10-20/h2-13H,1H3/b17-12+. The number of hydrogen-bond acceptors (Lipinski definition) is 5. The Morgan fingerprint density at radius 3 is 2.10 bits per heavy atom. The molecule has 0 saturated carbocycles. The predicted octanol–water partition coefficient (Wildman–Crippen LogP) is 5.83. The van der Waals surface area contributed by atoms with E-state index in [0.29, 0.717) is 26.7 Å². The van der Waals surface area contributed by atoms with Crippen LogP contribution in [0.4, 0.5) is 0 Å². The molecule has 0 aliphatic heterocycles. The lowest BCUT2D eigenvalue weighted by molar-refractivity contribution is 0.390. The lowest BCUT2D eigenvalue weighted by atomic mass is 10.0. The molecule has 0 N–H and O–H groups in total. The van der Waals surface area contributed by atoms with Crippen molar-refractivity contribution in [1.82, 2.24) is 0 Å². The molecule has 0 spiro atoms. The first-order chi connectivity index (χ1) is 14.3. The van der Waals surface area contributed by atoms with Crippen molar-refractivity contribution in [3.8, 4) is 17.6 Å². The Morgan fingerprint density at radius 2 is 1.53 bits per heavy atom. The molecular weight excluding hydrogens is 445 g/mol. The third kappa shape index (κ3) is 5.14. The van der Waals surface area contributed by atoms with Crippen LogP contribution in [0.3, 0.4) is 0 Å². The van der Waals surface area contributed by atoms with Gasteiger partial charge in [0.25, 0.3) is 0 Å². The van der Waals surface area contributed by atoms with Gasteiger partial charge in [-0.15, -0.1) is 0 Å². The van der Waals surface area contributed by atoms with E-state index in [0.717, 1.165) is 0 Å². The van der Waals surface area contributed by atoms with Crippen LogP contribution in [0.1, 0.15) is 11.1 Å². The van der Waals surface area contributed by atoms with Gasteiger partial charge in [-0.3, -0.25) is 0 Å². The number of methoxy groups -OCH3 is 1. The second kappa shape index (κ2) is 9.23. The quantitative estimate of drug-likeness (QED) is 0.263. The number of nitrogens with zero attached hydrogens (tertiary/aromatic N) is 1. The normalized spacial score (nSPS) is 11.6. The Hall–Kier alpha value is -2.98. The highest BCUT2D eigenvalue weighted by Gasteiger charge is 2.19. The Balaban J connectivity index is 1.92. The molecular formula is C22H15Cl2NO4S. The van der Waals surface area contributed by atoms with Gasteiger partial charge in [0.15, 0.2) is 11.5 Å². The molecule has 3 rings (SSSR count). The third-order valence-electron chi connectivity index (χ3n) is 4.08. The highest BCUT2D eigenvalue weighted by Crippen LogP contribution is 2.32. The van der Waals surface area contributed by atoms with Crippen molar-refractivity contribution in [2.24, 2.45) is 0 Å². The van der Waals surface area contributed by atoms with E-state index >= 15 is 0 Å². The van der Waals surface area contributed by atoms with Crippen molar-refractivity contribution >= 4 is 45.0 Å². The highest BCUT2D eigenvalue weighted by molar-refractivity contribution is 7.87. The first-order valence-corrected chi connectivity index (χ1v) is 10.7. The van der Waals surface area contributed by atoms with Crippen LogP contribution in [0, 0.1) is 11.3 Å². The monoisotopic (exact) mass is 459 g/mol. The van der Waals surface area contributed by atoms with Crippen molar-refractivity contribution in [2.75, 3.05) is 7.11 Å². The Kier molecular flexibility index (Phi) is 6.68. The second-order valence-corrected chi connectivity index (χ2v) is 8.50. The van der Waals surface area contributed by atoms with Crippen LogP contribution >= 0.6 is 23.2 Å². The molecule has 0 saturated heterocycles. The fraction of sp³-hybridized carbons (Fsp3) is 0.0455. The van der Waals surface area contributed by atoms with Gasteiger partial charge in [0.05, 0.1) is 18.8 Å². The molecule has 3 aromatic rings. The first-order valence-electron chi connectivity index (χ1n) is 8.58. The molecule has 0 bridgehead atoms. The van der Waals surface area contributed by atoms with Crippen LogP contribution in [0.5, 0.6) is 11.5 Å². The summed E-state index contributed by atoms with van der Waals surface area (Å²) in [5, 5.41) is 10.5.